The van der Waals surface area contributed by atoms with E-state index in [-0.39, 0.29) is 0 Å². The van der Waals surface area contributed by atoms with Crippen LogP contribution in [0.25, 0.3) is 11.3 Å². The Bertz CT molecular complexity index is 521. The van der Waals surface area contributed by atoms with Crippen molar-refractivity contribution in [3.05, 3.63) is 48.5 Å². The van der Waals surface area contributed by atoms with Gasteiger partial charge in [0.25, 0.3) is 0 Å². The van der Waals surface area contributed by atoms with Crippen LogP contribution in [-0.4, -0.2) is 24.2 Å². The Balaban J connectivity index is 1.76. The van der Waals surface area contributed by atoms with Gasteiger partial charge in [-0.25, -0.2) is 4.98 Å². The minimum atomic E-state index is 0.291. The summed E-state index contributed by atoms with van der Waals surface area (Å²) < 4.78 is 5.97. The summed E-state index contributed by atoms with van der Waals surface area (Å²) in [5.41, 5.74) is 2.09. The quantitative estimate of drug-likeness (QED) is 0.914. The molecule has 1 aromatic heterocycles. The maximum atomic E-state index is 5.97. The van der Waals surface area contributed by atoms with E-state index in [9.17, 15) is 0 Å². The van der Waals surface area contributed by atoms with Crippen molar-refractivity contribution in [3.63, 3.8) is 0 Å². The second-order valence-corrected chi connectivity index (χ2v) is 4.79. The molecule has 0 bridgehead atoms. The third-order valence-electron chi connectivity index (χ3n) is 3.37. The zero-order chi connectivity index (χ0) is 12.9. The monoisotopic (exact) mass is 254 g/mol. The van der Waals surface area contributed by atoms with Gasteiger partial charge in [0.15, 0.2) is 0 Å². The maximum Gasteiger partial charge on any atom is 0.214 e. The van der Waals surface area contributed by atoms with Crippen LogP contribution in [0.1, 0.15) is 12.8 Å². The molecular weight excluding hydrogens is 236 g/mol. The number of pyridine rings is 1. The standard InChI is InChI=1S/C16H18N2O/c1-2-5-13(6-3-1)15-7-4-8-16(18-15)19-14-9-11-17-12-10-14/h1-8,14,17H,9-12H2. The second kappa shape index (κ2) is 5.85. The smallest absolute Gasteiger partial charge is 0.214 e. The summed E-state index contributed by atoms with van der Waals surface area (Å²) in [6.45, 7) is 2.06. The summed E-state index contributed by atoms with van der Waals surface area (Å²) in [4.78, 5) is 4.59. The first kappa shape index (κ1) is 12.2. The van der Waals surface area contributed by atoms with E-state index in [2.05, 4.69) is 22.4 Å². The minimum absolute atomic E-state index is 0.291. The Morgan fingerprint density at radius 2 is 1.74 bits per heavy atom. The first-order valence-electron chi connectivity index (χ1n) is 6.82. The van der Waals surface area contributed by atoms with Gasteiger partial charge >= 0.3 is 0 Å². The molecule has 0 spiro atoms. The zero-order valence-electron chi connectivity index (χ0n) is 10.9. The normalized spacial score (nSPS) is 16.2. The van der Waals surface area contributed by atoms with E-state index >= 15 is 0 Å². The zero-order valence-corrected chi connectivity index (χ0v) is 10.9. The van der Waals surface area contributed by atoms with Crippen LogP contribution < -0.4 is 10.1 Å². The van der Waals surface area contributed by atoms with Gasteiger partial charge in [-0.1, -0.05) is 36.4 Å². The SMILES string of the molecule is c1ccc(-c2cccc(OC3CCNCC3)n2)cc1. The van der Waals surface area contributed by atoms with Gasteiger partial charge in [-0.3, -0.25) is 0 Å². The first-order valence-corrected chi connectivity index (χ1v) is 6.82. The number of rotatable bonds is 3. The van der Waals surface area contributed by atoms with E-state index in [0.29, 0.717) is 6.10 Å². The fourth-order valence-corrected chi connectivity index (χ4v) is 2.33. The van der Waals surface area contributed by atoms with Crippen LogP contribution in [0.2, 0.25) is 0 Å². The largest absolute Gasteiger partial charge is 0.474 e. The Morgan fingerprint density at radius 3 is 2.53 bits per heavy atom. The third-order valence-corrected chi connectivity index (χ3v) is 3.37. The highest BCUT2D eigenvalue weighted by molar-refractivity contribution is 5.59. The Morgan fingerprint density at radius 1 is 0.947 bits per heavy atom. The highest BCUT2D eigenvalue weighted by Gasteiger charge is 2.15. The molecule has 19 heavy (non-hydrogen) atoms. The van der Waals surface area contributed by atoms with Crippen LogP contribution in [0, 0.1) is 0 Å². The van der Waals surface area contributed by atoms with Crippen LogP contribution in [0.4, 0.5) is 0 Å². The summed E-state index contributed by atoms with van der Waals surface area (Å²) in [6.07, 6.45) is 2.40. The molecule has 1 aliphatic heterocycles. The highest BCUT2D eigenvalue weighted by atomic mass is 16.5. The molecule has 2 heterocycles. The molecular formula is C16H18N2O. The molecule has 0 unspecified atom stereocenters. The molecule has 0 amide bonds. The molecule has 2 aromatic rings. The van der Waals surface area contributed by atoms with E-state index in [4.69, 9.17) is 4.74 Å². The fourth-order valence-electron chi connectivity index (χ4n) is 2.33. The topological polar surface area (TPSA) is 34.1 Å². The van der Waals surface area contributed by atoms with Crippen molar-refractivity contribution in [1.82, 2.24) is 10.3 Å². The Hall–Kier alpha value is -1.87. The molecule has 0 aliphatic carbocycles. The molecule has 0 saturated carbocycles. The predicted octanol–water partition coefficient (Wildman–Crippen LogP) is 2.88. The van der Waals surface area contributed by atoms with Gasteiger partial charge in [0.05, 0.1) is 5.69 Å². The van der Waals surface area contributed by atoms with Crippen molar-refractivity contribution >= 4 is 0 Å². The lowest BCUT2D eigenvalue weighted by atomic mass is 10.1. The lowest BCUT2D eigenvalue weighted by Gasteiger charge is -2.23. The third kappa shape index (κ3) is 3.12. The minimum Gasteiger partial charge on any atom is -0.474 e. The highest BCUT2D eigenvalue weighted by Crippen LogP contribution is 2.21. The van der Waals surface area contributed by atoms with Gasteiger partial charge in [-0.2, -0.15) is 0 Å². The van der Waals surface area contributed by atoms with Gasteiger partial charge in [-0.15, -0.1) is 0 Å². The molecule has 1 fully saturated rings. The Labute approximate surface area is 113 Å². The molecule has 98 valence electrons. The average Bonchev–Trinajstić information content (AvgIpc) is 2.49. The number of hydrogen-bond donors (Lipinski definition) is 1. The van der Waals surface area contributed by atoms with E-state index in [1.807, 2.05) is 36.4 Å². The molecule has 3 rings (SSSR count). The summed E-state index contributed by atoms with van der Waals surface area (Å²) in [7, 11) is 0. The number of nitrogens with one attached hydrogen (secondary N) is 1. The summed E-state index contributed by atoms with van der Waals surface area (Å²) in [5, 5.41) is 3.34. The maximum absolute atomic E-state index is 5.97. The van der Waals surface area contributed by atoms with Gasteiger partial charge in [0.1, 0.15) is 6.10 Å². The van der Waals surface area contributed by atoms with Crippen molar-refractivity contribution < 1.29 is 4.74 Å². The number of piperidine rings is 1. The molecule has 0 radical (unpaired) electrons. The number of hydrogen-bond acceptors (Lipinski definition) is 3. The van der Waals surface area contributed by atoms with Crippen molar-refractivity contribution in [2.75, 3.05) is 13.1 Å². The van der Waals surface area contributed by atoms with Gasteiger partial charge < -0.3 is 10.1 Å². The number of benzene rings is 1. The van der Waals surface area contributed by atoms with Crippen molar-refractivity contribution in [2.45, 2.75) is 18.9 Å². The molecule has 3 heteroatoms. The predicted molar refractivity (Wildman–Crippen MR) is 76.2 cm³/mol. The van der Waals surface area contributed by atoms with E-state index in [1.54, 1.807) is 0 Å². The van der Waals surface area contributed by atoms with Crippen LogP contribution in [0.3, 0.4) is 0 Å². The van der Waals surface area contributed by atoms with Crippen molar-refractivity contribution in [2.24, 2.45) is 0 Å². The van der Waals surface area contributed by atoms with Crippen molar-refractivity contribution in [1.29, 1.82) is 0 Å². The number of ether oxygens (including phenoxy) is 1. The van der Waals surface area contributed by atoms with Gasteiger partial charge in [0, 0.05) is 11.6 Å². The second-order valence-electron chi connectivity index (χ2n) is 4.79. The number of nitrogens with zero attached hydrogens (tertiary/aromatic N) is 1. The van der Waals surface area contributed by atoms with E-state index in [1.165, 1.54) is 0 Å². The van der Waals surface area contributed by atoms with Crippen LogP contribution in [-0.2, 0) is 0 Å². The number of aromatic nitrogens is 1. The van der Waals surface area contributed by atoms with E-state index in [0.717, 1.165) is 43.1 Å². The molecule has 3 nitrogen and oxygen atoms in total. The summed E-state index contributed by atoms with van der Waals surface area (Å²) in [6, 6.07) is 16.2. The molecule has 0 atom stereocenters. The molecule has 1 aliphatic rings. The lowest BCUT2D eigenvalue weighted by molar-refractivity contribution is 0.156. The summed E-state index contributed by atoms with van der Waals surface area (Å²) in [5.74, 6) is 0.730. The van der Waals surface area contributed by atoms with Gasteiger partial charge in [0.2, 0.25) is 5.88 Å². The van der Waals surface area contributed by atoms with E-state index < -0.39 is 0 Å². The molecule has 1 N–H and O–H groups in total. The fraction of sp³-hybridized carbons (Fsp3) is 0.312. The van der Waals surface area contributed by atoms with Crippen LogP contribution in [0.5, 0.6) is 5.88 Å². The molecule has 1 aromatic carbocycles. The lowest BCUT2D eigenvalue weighted by Crippen LogP contribution is -2.34. The van der Waals surface area contributed by atoms with Gasteiger partial charge in [-0.05, 0) is 32.0 Å². The average molecular weight is 254 g/mol. The molecule has 1 saturated heterocycles. The first-order chi connectivity index (χ1) is 9.42. The van der Waals surface area contributed by atoms with Crippen LogP contribution >= 0.6 is 0 Å². The Kier molecular flexibility index (Phi) is 3.75. The van der Waals surface area contributed by atoms with Crippen molar-refractivity contribution in [3.8, 4) is 17.1 Å². The summed E-state index contributed by atoms with van der Waals surface area (Å²) >= 11 is 0. The van der Waals surface area contributed by atoms with Crippen LogP contribution in [0.15, 0.2) is 48.5 Å².